The maximum atomic E-state index is 6.05. The normalized spacial score (nSPS) is 11.3. The quantitative estimate of drug-likeness (QED) is 0.332. The molecule has 26 heavy (non-hydrogen) atoms. The van der Waals surface area contributed by atoms with Crippen LogP contribution in [-0.2, 0) is 0 Å². The van der Waals surface area contributed by atoms with Gasteiger partial charge >= 0.3 is 0 Å². The smallest absolute Gasteiger partial charge is 0.136 e. The van der Waals surface area contributed by atoms with Crippen molar-refractivity contribution in [1.29, 1.82) is 0 Å². The summed E-state index contributed by atoms with van der Waals surface area (Å²) < 4.78 is 6.05. The van der Waals surface area contributed by atoms with Crippen LogP contribution in [0.1, 0.15) is 5.56 Å². The van der Waals surface area contributed by atoms with E-state index >= 15 is 0 Å². The van der Waals surface area contributed by atoms with E-state index in [1.54, 1.807) is 0 Å². The Labute approximate surface area is 152 Å². The summed E-state index contributed by atoms with van der Waals surface area (Å²) in [7, 11) is 0. The molecule has 0 saturated carbocycles. The van der Waals surface area contributed by atoms with Gasteiger partial charge in [0.1, 0.15) is 11.2 Å². The van der Waals surface area contributed by atoms with E-state index in [1.165, 1.54) is 38.6 Å². The van der Waals surface area contributed by atoms with E-state index in [0.717, 1.165) is 11.2 Å². The van der Waals surface area contributed by atoms with Crippen molar-refractivity contribution in [3.63, 3.8) is 0 Å². The Morgan fingerprint density at radius 2 is 1.15 bits per heavy atom. The lowest BCUT2D eigenvalue weighted by Gasteiger charge is -2.07. The lowest BCUT2D eigenvalue weighted by Crippen LogP contribution is -1.82. The summed E-state index contributed by atoms with van der Waals surface area (Å²) in [5, 5.41) is 2.33. The molecule has 5 rings (SSSR count). The molecule has 0 fully saturated rings. The molecule has 0 spiro atoms. The fourth-order valence-corrected chi connectivity index (χ4v) is 3.61. The minimum atomic E-state index is 0.935. The van der Waals surface area contributed by atoms with Gasteiger partial charge in [-0.1, -0.05) is 72.3 Å². The van der Waals surface area contributed by atoms with Gasteiger partial charge in [-0.05, 0) is 53.4 Å². The van der Waals surface area contributed by atoms with Crippen molar-refractivity contribution in [3.05, 3.63) is 96.6 Å². The van der Waals surface area contributed by atoms with Crippen molar-refractivity contribution in [2.24, 2.45) is 0 Å². The molecule has 1 aromatic heterocycles. The van der Waals surface area contributed by atoms with Crippen molar-refractivity contribution in [2.75, 3.05) is 0 Å². The molecule has 4 aromatic carbocycles. The minimum absolute atomic E-state index is 0.935. The fourth-order valence-electron chi connectivity index (χ4n) is 3.61. The lowest BCUT2D eigenvalue weighted by molar-refractivity contribution is 0.669. The van der Waals surface area contributed by atoms with Gasteiger partial charge in [-0.3, -0.25) is 0 Å². The van der Waals surface area contributed by atoms with E-state index in [-0.39, 0.29) is 0 Å². The number of rotatable bonds is 2. The first-order valence-corrected chi connectivity index (χ1v) is 8.87. The lowest BCUT2D eigenvalue weighted by atomic mass is 9.97. The summed E-state index contributed by atoms with van der Waals surface area (Å²) >= 11 is 0. The summed E-state index contributed by atoms with van der Waals surface area (Å²) in [5.74, 6) is 0. The number of furan rings is 1. The Kier molecular flexibility index (Phi) is 3.39. The highest BCUT2D eigenvalue weighted by molar-refractivity contribution is 6.05. The van der Waals surface area contributed by atoms with E-state index in [0.29, 0.717) is 0 Å². The van der Waals surface area contributed by atoms with Gasteiger partial charge in [0.25, 0.3) is 0 Å². The zero-order valence-corrected chi connectivity index (χ0v) is 14.6. The van der Waals surface area contributed by atoms with Crippen molar-refractivity contribution >= 4 is 21.9 Å². The topological polar surface area (TPSA) is 13.1 Å². The van der Waals surface area contributed by atoms with E-state index < -0.39 is 0 Å². The Balaban J connectivity index is 1.63. The Hall–Kier alpha value is -3.32. The first-order chi connectivity index (χ1) is 12.8. The SMILES string of the molecule is Cc1cccc(-c2cccc(-c3ccc4c(c3)oc3ccccc34)c2)c1. The molecule has 0 saturated heterocycles. The summed E-state index contributed by atoms with van der Waals surface area (Å²) in [6.45, 7) is 2.13. The van der Waals surface area contributed by atoms with Crippen LogP contribution in [-0.4, -0.2) is 0 Å². The van der Waals surface area contributed by atoms with Gasteiger partial charge in [-0.2, -0.15) is 0 Å². The first-order valence-electron chi connectivity index (χ1n) is 8.87. The molecule has 0 bridgehead atoms. The van der Waals surface area contributed by atoms with Gasteiger partial charge in [0, 0.05) is 10.8 Å². The summed E-state index contributed by atoms with van der Waals surface area (Å²) in [5.41, 5.74) is 8.00. The minimum Gasteiger partial charge on any atom is -0.456 e. The second kappa shape index (κ2) is 5.89. The molecule has 0 atom stereocenters. The molecule has 1 heterocycles. The van der Waals surface area contributed by atoms with Crippen molar-refractivity contribution in [1.82, 2.24) is 0 Å². The van der Waals surface area contributed by atoms with Crippen LogP contribution < -0.4 is 0 Å². The van der Waals surface area contributed by atoms with Crippen molar-refractivity contribution in [2.45, 2.75) is 6.92 Å². The van der Waals surface area contributed by atoms with E-state index in [9.17, 15) is 0 Å². The third kappa shape index (κ3) is 2.49. The molecule has 0 aliphatic heterocycles. The highest BCUT2D eigenvalue weighted by Crippen LogP contribution is 2.33. The number of benzene rings is 4. The Morgan fingerprint density at radius 1 is 0.500 bits per heavy atom. The molecular formula is C25H18O. The molecule has 0 N–H and O–H groups in total. The van der Waals surface area contributed by atoms with Crippen LogP contribution in [0.5, 0.6) is 0 Å². The molecule has 1 nitrogen and oxygen atoms in total. The average molecular weight is 334 g/mol. The average Bonchev–Trinajstić information content (AvgIpc) is 3.06. The summed E-state index contributed by atoms with van der Waals surface area (Å²) in [6.07, 6.45) is 0. The van der Waals surface area contributed by atoms with Gasteiger partial charge in [-0.15, -0.1) is 0 Å². The van der Waals surface area contributed by atoms with Gasteiger partial charge in [-0.25, -0.2) is 0 Å². The number of hydrogen-bond acceptors (Lipinski definition) is 1. The first kappa shape index (κ1) is 15.0. The van der Waals surface area contributed by atoms with Gasteiger partial charge < -0.3 is 4.42 Å². The van der Waals surface area contributed by atoms with Gasteiger partial charge in [0.05, 0.1) is 0 Å². The maximum absolute atomic E-state index is 6.05. The summed E-state index contributed by atoms with van der Waals surface area (Å²) in [4.78, 5) is 0. The number of hydrogen-bond donors (Lipinski definition) is 0. The van der Waals surface area contributed by atoms with Gasteiger partial charge in [0.2, 0.25) is 0 Å². The van der Waals surface area contributed by atoms with Crippen LogP contribution in [0.3, 0.4) is 0 Å². The van der Waals surface area contributed by atoms with Crippen LogP contribution in [0.25, 0.3) is 44.2 Å². The van der Waals surface area contributed by atoms with E-state index in [4.69, 9.17) is 4.42 Å². The monoisotopic (exact) mass is 334 g/mol. The molecule has 0 amide bonds. The molecule has 124 valence electrons. The van der Waals surface area contributed by atoms with Crippen molar-refractivity contribution < 1.29 is 4.42 Å². The molecule has 0 aliphatic rings. The Morgan fingerprint density at radius 3 is 1.96 bits per heavy atom. The number of fused-ring (bicyclic) bond motifs is 3. The molecule has 1 heteroatoms. The molecule has 0 unspecified atom stereocenters. The molecule has 5 aromatic rings. The second-order valence-corrected chi connectivity index (χ2v) is 6.76. The van der Waals surface area contributed by atoms with Crippen LogP contribution in [0.15, 0.2) is 95.4 Å². The van der Waals surface area contributed by atoms with Gasteiger partial charge in [0.15, 0.2) is 0 Å². The van der Waals surface area contributed by atoms with Crippen molar-refractivity contribution in [3.8, 4) is 22.3 Å². The number of aryl methyl sites for hydroxylation is 1. The fraction of sp³-hybridized carbons (Fsp3) is 0.0400. The maximum Gasteiger partial charge on any atom is 0.136 e. The van der Waals surface area contributed by atoms with Crippen LogP contribution in [0.2, 0.25) is 0 Å². The highest BCUT2D eigenvalue weighted by Gasteiger charge is 2.08. The van der Waals surface area contributed by atoms with E-state index in [2.05, 4.69) is 85.8 Å². The third-order valence-corrected chi connectivity index (χ3v) is 4.93. The zero-order chi connectivity index (χ0) is 17.5. The Bertz CT molecular complexity index is 1240. The van der Waals surface area contributed by atoms with E-state index in [1.807, 2.05) is 12.1 Å². The highest BCUT2D eigenvalue weighted by atomic mass is 16.3. The predicted molar refractivity (Wildman–Crippen MR) is 109 cm³/mol. The largest absolute Gasteiger partial charge is 0.456 e. The van der Waals surface area contributed by atoms with Crippen LogP contribution in [0.4, 0.5) is 0 Å². The zero-order valence-electron chi connectivity index (χ0n) is 14.6. The predicted octanol–water partition coefficient (Wildman–Crippen LogP) is 7.23. The molecule has 0 radical (unpaired) electrons. The molecule has 0 aliphatic carbocycles. The number of para-hydroxylation sites is 1. The molecular weight excluding hydrogens is 316 g/mol. The van der Waals surface area contributed by atoms with Crippen LogP contribution in [0, 0.1) is 6.92 Å². The second-order valence-electron chi connectivity index (χ2n) is 6.76. The standard InChI is InChI=1S/C25H18O/c1-17-6-4-7-18(14-17)19-8-5-9-20(15-19)21-12-13-23-22-10-2-3-11-24(22)26-25(23)16-21/h2-16H,1H3. The third-order valence-electron chi connectivity index (χ3n) is 4.93. The van der Waals surface area contributed by atoms with Crippen LogP contribution >= 0.6 is 0 Å². The summed E-state index contributed by atoms with van der Waals surface area (Å²) in [6, 6.07) is 32.0.